The number of carbonyl (C=O) groups is 1. The van der Waals surface area contributed by atoms with Crippen molar-refractivity contribution in [3.63, 3.8) is 0 Å². The smallest absolute Gasteiger partial charge is 0.211 e. The lowest BCUT2D eigenvalue weighted by Crippen LogP contribution is -2.48. The zero-order valence-electron chi connectivity index (χ0n) is 11.8. The van der Waals surface area contributed by atoms with Crippen molar-refractivity contribution in [1.29, 1.82) is 0 Å². The van der Waals surface area contributed by atoms with Crippen LogP contribution in [0.5, 0.6) is 0 Å². The molecule has 18 heavy (non-hydrogen) atoms. The third kappa shape index (κ3) is 4.66. The molecule has 0 saturated carbocycles. The lowest BCUT2D eigenvalue weighted by atomic mass is 9.89. The van der Waals surface area contributed by atoms with E-state index in [1.807, 2.05) is 20.8 Å². The quantitative estimate of drug-likeness (QED) is 0.753. The van der Waals surface area contributed by atoms with Crippen molar-refractivity contribution in [2.75, 3.05) is 39.0 Å². The summed E-state index contributed by atoms with van der Waals surface area (Å²) in [7, 11) is -3.06. The van der Waals surface area contributed by atoms with Crippen LogP contribution in [0.2, 0.25) is 0 Å². The number of rotatable bonds is 4. The van der Waals surface area contributed by atoms with E-state index in [4.69, 9.17) is 0 Å². The number of piperazine rings is 1. The van der Waals surface area contributed by atoms with Crippen molar-refractivity contribution < 1.29 is 13.2 Å². The van der Waals surface area contributed by atoms with E-state index in [2.05, 4.69) is 4.90 Å². The van der Waals surface area contributed by atoms with Crippen LogP contribution in [-0.4, -0.2) is 62.4 Å². The van der Waals surface area contributed by atoms with Crippen molar-refractivity contribution in [3.05, 3.63) is 0 Å². The van der Waals surface area contributed by atoms with E-state index in [1.165, 1.54) is 10.6 Å². The van der Waals surface area contributed by atoms with E-state index in [-0.39, 0.29) is 11.2 Å². The van der Waals surface area contributed by atoms with Crippen molar-refractivity contribution in [2.24, 2.45) is 5.41 Å². The largest absolute Gasteiger partial charge is 0.300 e. The molecule has 1 saturated heterocycles. The predicted molar refractivity (Wildman–Crippen MR) is 71.9 cm³/mol. The summed E-state index contributed by atoms with van der Waals surface area (Å²) in [5.41, 5.74) is -0.283. The lowest BCUT2D eigenvalue weighted by molar-refractivity contribution is -0.126. The summed E-state index contributed by atoms with van der Waals surface area (Å²) >= 11 is 0. The second-order valence-electron chi connectivity index (χ2n) is 5.93. The van der Waals surface area contributed by atoms with E-state index in [0.29, 0.717) is 32.6 Å². The Kier molecular flexibility index (Phi) is 4.91. The van der Waals surface area contributed by atoms with Gasteiger partial charge in [0.05, 0.1) is 6.26 Å². The fraction of sp³-hybridized carbons (Fsp3) is 0.917. The third-order valence-electron chi connectivity index (χ3n) is 3.29. The molecular formula is C12H24N2O3S. The molecule has 0 radical (unpaired) electrons. The summed E-state index contributed by atoms with van der Waals surface area (Å²) in [5.74, 6) is 0.257. The Balaban J connectivity index is 2.35. The van der Waals surface area contributed by atoms with Gasteiger partial charge in [-0.05, 0) is 0 Å². The molecule has 0 aliphatic carbocycles. The zero-order valence-corrected chi connectivity index (χ0v) is 12.6. The van der Waals surface area contributed by atoms with Crippen LogP contribution in [0.4, 0.5) is 0 Å². The first-order chi connectivity index (χ1) is 8.10. The molecular weight excluding hydrogens is 252 g/mol. The molecule has 0 amide bonds. The maximum Gasteiger partial charge on any atom is 0.211 e. The Labute approximate surface area is 110 Å². The Hall–Kier alpha value is -0.460. The van der Waals surface area contributed by atoms with Gasteiger partial charge in [0.25, 0.3) is 0 Å². The van der Waals surface area contributed by atoms with Crippen LogP contribution in [0.1, 0.15) is 27.2 Å². The van der Waals surface area contributed by atoms with Gasteiger partial charge in [0.1, 0.15) is 5.78 Å². The van der Waals surface area contributed by atoms with Crippen LogP contribution in [-0.2, 0) is 14.8 Å². The molecule has 1 aliphatic heterocycles. The van der Waals surface area contributed by atoms with Crippen LogP contribution < -0.4 is 0 Å². The van der Waals surface area contributed by atoms with Gasteiger partial charge in [0, 0.05) is 44.6 Å². The van der Waals surface area contributed by atoms with Gasteiger partial charge in [-0.25, -0.2) is 8.42 Å². The number of sulfonamides is 1. The van der Waals surface area contributed by atoms with Crippen LogP contribution in [0.3, 0.4) is 0 Å². The van der Waals surface area contributed by atoms with Crippen LogP contribution in [0, 0.1) is 5.41 Å². The minimum Gasteiger partial charge on any atom is -0.300 e. The van der Waals surface area contributed by atoms with Gasteiger partial charge in [-0.2, -0.15) is 4.31 Å². The first kappa shape index (κ1) is 15.6. The molecule has 1 fully saturated rings. The predicted octanol–water partition coefficient (Wildman–Crippen LogP) is 0.569. The number of hydrogen-bond donors (Lipinski definition) is 0. The highest BCUT2D eigenvalue weighted by molar-refractivity contribution is 7.88. The molecule has 5 nitrogen and oxygen atoms in total. The summed E-state index contributed by atoms with van der Waals surface area (Å²) in [6, 6.07) is 0. The topological polar surface area (TPSA) is 57.7 Å². The standard InChI is InChI=1S/C12H24N2O3S/c1-12(2,3)11(15)5-6-13-7-9-14(10-8-13)18(4,16)17/h5-10H2,1-4H3. The van der Waals surface area contributed by atoms with Gasteiger partial charge in [-0.15, -0.1) is 0 Å². The van der Waals surface area contributed by atoms with E-state index in [9.17, 15) is 13.2 Å². The molecule has 6 heteroatoms. The fourth-order valence-electron chi connectivity index (χ4n) is 1.92. The number of nitrogens with zero attached hydrogens (tertiary/aromatic N) is 2. The molecule has 0 unspecified atom stereocenters. The molecule has 1 rings (SSSR count). The number of carbonyl (C=O) groups excluding carboxylic acids is 1. The van der Waals surface area contributed by atoms with E-state index in [1.54, 1.807) is 0 Å². The summed E-state index contributed by atoms with van der Waals surface area (Å²) in [4.78, 5) is 14.0. The summed E-state index contributed by atoms with van der Waals surface area (Å²) in [5, 5.41) is 0. The third-order valence-corrected chi connectivity index (χ3v) is 4.60. The SMILES string of the molecule is CC(C)(C)C(=O)CCN1CCN(S(C)(=O)=O)CC1. The van der Waals surface area contributed by atoms with Crippen molar-refractivity contribution in [2.45, 2.75) is 27.2 Å². The maximum absolute atomic E-state index is 11.8. The summed E-state index contributed by atoms with van der Waals surface area (Å²) < 4.78 is 24.2. The van der Waals surface area contributed by atoms with Gasteiger partial charge < -0.3 is 4.90 Å². The molecule has 0 bridgehead atoms. The van der Waals surface area contributed by atoms with Crippen LogP contribution in [0.25, 0.3) is 0 Å². The summed E-state index contributed by atoms with van der Waals surface area (Å²) in [6.07, 6.45) is 1.79. The highest BCUT2D eigenvalue weighted by Gasteiger charge is 2.25. The molecule has 0 aromatic heterocycles. The number of Topliss-reactive ketones (excluding diaryl/α,β-unsaturated/α-hetero) is 1. The molecule has 0 N–H and O–H groups in total. The van der Waals surface area contributed by atoms with E-state index in [0.717, 1.165) is 6.54 Å². The highest BCUT2D eigenvalue weighted by Crippen LogP contribution is 2.17. The monoisotopic (exact) mass is 276 g/mol. The minimum atomic E-state index is -3.06. The van der Waals surface area contributed by atoms with Gasteiger partial charge in [-0.3, -0.25) is 4.79 Å². The lowest BCUT2D eigenvalue weighted by Gasteiger charge is -2.33. The van der Waals surface area contributed by atoms with Crippen LogP contribution in [0.15, 0.2) is 0 Å². The zero-order chi connectivity index (χ0) is 14.0. The molecule has 0 spiro atoms. The van der Waals surface area contributed by atoms with Crippen molar-refractivity contribution in [3.8, 4) is 0 Å². The van der Waals surface area contributed by atoms with Gasteiger partial charge in [-0.1, -0.05) is 20.8 Å². The minimum absolute atomic E-state index is 0.257. The van der Waals surface area contributed by atoms with Gasteiger partial charge in [0.2, 0.25) is 10.0 Å². The second-order valence-corrected chi connectivity index (χ2v) is 7.91. The first-order valence-corrected chi connectivity index (χ1v) is 8.16. The molecule has 106 valence electrons. The fourth-order valence-corrected chi connectivity index (χ4v) is 2.75. The van der Waals surface area contributed by atoms with E-state index >= 15 is 0 Å². The average Bonchev–Trinajstić information content (AvgIpc) is 2.24. The Morgan fingerprint density at radius 1 is 1.11 bits per heavy atom. The Bertz CT molecular complexity index is 390. The van der Waals surface area contributed by atoms with E-state index < -0.39 is 10.0 Å². The maximum atomic E-state index is 11.8. The number of hydrogen-bond acceptors (Lipinski definition) is 4. The highest BCUT2D eigenvalue weighted by atomic mass is 32.2. The molecule has 1 aliphatic rings. The summed E-state index contributed by atoms with van der Waals surface area (Å²) in [6.45, 7) is 9.00. The van der Waals surface area contributed by atoms with Crippen molar-refractivity contribution >= 4 is 15.8 Å². The van der Waals surface area contributed by atoms with Gasteiger partial charge in [0.15, 0.2) is 0 Å². The first-order valence-electron chi connectivity index (χ1n) is 6.31. The Morgan fingerprint density at radius 2 is 1.61 bits per heavy atom. The molecule has 0 aromatic rings. The molecule has 0 atom stereocenters. The second kappa shape index (κ2) is 5.67. The normalized spacial score (nSPS) is 20.0. The van der Waals surface area contributed by atoms with Crippen LogP contribution >= 0.6 is 0 Å². The van der Waals surface area contributed by atoms with Gasteiger partial charge >= 0.3 is 0 Å². The Morgan fingerprint density at radius 3 is 2.00 bits per heavy atom. The molecule has 1 heterocycles. The van der Waals surface area contributed by atoms with Crippen molar-refractivity contribution in [1.82, 2.24) is 9.21 Å². The molecule has 0 aromatic carbocycles. The number of ketones is 1. The average molecular weight is 276 g/mol.